The highest BCUT2D eigenvalue weighted by Gasteiger charge is 2.46. The van der Waals surface area contributed by atoms with Gasteiger partial charge in [0.25, 0.3) is 5.91 Å². The molecule has 2 fully saturated rings. The van der Waals surface area contributed by atoms with Gasteiger partial charge in [0, 0.05) is 105 Å². The molecule has 360 valence electrons. The second-order valence-corrected chi connectivity index (χ2v) is 20.0. The first kappa shape index (κ1) is 49.2. The lowest BCUT2D eigenvalue weighted by molar-refractivity contribution is -0.189. The molecule has 2 saturated heterocycles. The van der Waals surface area contributed by atoms with Crippen molar-refractivity contribution in [1.82, 2.24) is 45.0 Å². The van der Waals surface area contributed by atoms with E-state index in [0.29, 0.717) is 36.8 Å². The number of cyclic esters (lactones) is 1. The third kappa shape index (κ3) is 9.98. The van der Waals surface area contributed by atoms with Crippen molar-refractivity contribution in [3.8, 4) is 22.5 Å². The fourth-order valence-electron chi connectivity index (χ4n) is 9.68. The zero-order valence-corrected chi connectivity index (χ0v) is 40.9. The third-order valence-electron chi connectivity index (χ3n) is 13.2. The first-order chi connectivity index (χ1) is 31.8. The number of hydrogen-bond donors (Lipinski definition) is 3. The zero-order valence-electron chi connectivity index (χ0n) is 40.1. The summed E-state index contributed by atoms with van der Waals surface area (Å²) >= 11 is 1.35. The number of hydrogen-bond acceptors (Lipinski definition) is 12. The van der Waals surface area contributed by atoms with Crippen LogP contribution in [0.4, 0.5) is 4.79 Å². The van der Waals surface area contributed by atoms with Crippen LogP contribution in [0.1, 0.15) is 83.7 Å². The van der Waals surface area contributed by atoms with Gasteiger partial charge < -0.3 is 39.2 Å². The van der Waals surface area contributed by atoms with Gasteiger partial charge in [0.15, 0.2) is 0 Å². The van der Waals surface area contributed by atoms with Gasteiger partial charge >= 0.3 is 12.0 Å². The molecule has 5 atom stereocenters. The molecule has 0 unspecified atom stereocenters. The first-order valence-electron chi connectivity index (χ1n) is 23.1. The fraction of sp³-hybridized carbons (Fsp3) is 0.531. The Kier molecular flexibility index (Phi) is 14.6. The zero-order chi connectivity index (χ0) is 48.5. The number of aryl methyl sites for hydroxylation is 1. The molecule has 17 nitrogen and oxygen atoms in total. The average molecular weight is 940 g/mol. The summed E-state index contributed by atoms with van der Waals surface area (Å²) in [6.45, 7) is 18.8. The molecule has 67 heavy (non-hydrogen) atoms. The number of methoxy groups -OCH3 is 1. The number of pyridine rings is 1. The number of nitrogens with one attached hydrogen (secondary N) is 2. The predicted octanol–water partition coefficient (Wildman–Crippen LogP) is 5.32. The first-order valence-corrected chi connectivity index (χ1v) is 24.0. The summed E-state index contributed by atoms with van der Waals surface area (Å²) in [5, 5.41) is 19.5. The van der Waals surface area contributed by atoms with Crippen LogP contribution in [-0.4, -0.2) is 140 Å². The van der Waals surface area contributed by atoms with E-state index in [1.807, 2.05) is 59.1 Å². The Morgan fingerprint density at radius 3 is 2.61 bits per heavy atom. The number of rotatable bonds is 9. The van der Waals surface area contributed by atoms with Gasteiger partial charge in [-0.2, -0.15) is 5.43 Å². The molecular formula is C49H65N9O8S. The Morgan fingerprint density at radius 2 is 1.93 bits per heavy atom. The summed E-state index contributed by atoms with van der Waals surface area (Å²) in [6, 6.07) is 7.32. The number of amides is 5. The van der Waals surface area contributed by atoms with Gasteiger partial charge in [0.1, 0.15) is 12.1 Å². The average Bonchev–Trinajstić information content (AvgIpc) is 3.90. The fourth-order valence-corrected chi connectivity index (χ4v) is 10.5. The van der Waals surface area contributed by atoms with E-state index in [4.69, 9.17) is 19.4 Å². The Balaban J connectivity index is 1.27. The van der Waals surface area contributed by atoms with Crippen LogP contribution in [0.15, 0.2) is 54.6 Å². The van der Waals surface area contributed by atoms with E-state index < -0.39 is 41.0 Å². The maximum atomic E-state index is 14.7. The monoisotopic (exact) mass is 939 g/mol. The van der Waals surface area contributed by atoms with Crippen molar-refractivity contribution in [2.24, 2.45) is 11.3 Å². The van der Waals surface area contributed by atoms with E-state index in [9.17, 15) is 29.1 Å². The number of fused-ring (bicyclic) bond motifs is 6. The number of urea groups is 1. The molecule has 5 amide bonds. The number of hydrazine groups is 1. The summed E-state index contributed by atoms with van der Waals surface area (Å²) in [7, 11) is 3.23. The summed E-state index contributed by atoms with van der Waals surface area (Å²) in [6.07, 6.45) is 3.44. The van der Waals surface area contributed by atoms with Crippen molar-refractivity contribution in [3.05, 3.63) is 70.8 Å². The maximum absolute atomic E-state index is 14.7. The minimum atomic E-state index is -2.23. The van der Waals surface area contributed by atoms with Crippen molar-refractivity contribution in [1.29, 1.82) is 0 Å². The van der Waals surface area contributed by atoms with Crippen LogP contribution in [0, 0.1) is 11.3 Å². The van der Waals surface area contributed by atoms with Crippen molar-refractivity contribution in [2.45, 2.75) is 111 Å². The lowest BCUT2D eigenvalue weighted by Crippen LogP contribution is -2.67. The van der Waals surface area contributed by atoms with Crippen molar-refractivity contribution < 1.29 is 38.6 Å². The van der Waals surface area contributed by atoms with E-state index in [-0.39, 0.29) is 69.0 Å². The molecule has 3 aromatic heterocycles. The van der Waals surface area contributed by atoms with E-state index in [0.717, 1.165) is 39.0 Å². The van der Waals surface area contributed by atoms with Gasteiger partial charge in [-0.3, -0.25) is 24.4 Å². The van der Waals surface area contributed by atoms with Crippen LogP contribution in [-0.2, 0) is 48.0 Å². The van der Waals surface area contributed by atoms with Crippen molar-refractivity contribution in [3.63, 3.8) is 0 Å². The molecule has 3 aliphatic heterocycles. The smallest absolute Gasteiger partial charge is 0.355 e. The number of likely N-dealkylation sites (N-methyl/N-ethyl adjacent to an activating group) is 1. The molecule has 18 heteroatoms. The van der Waals surface area contributed by atoms with Gasteiger partial charge in [-0.15, -0.1) is 11.3 Å². The van der Waals surface area contributed by atoms with Crippen LogP contribution in [0.5, 0.6) is 0 Å². The summed E-state index contributed by atoms with van der Waals surface area (Å²) in [5.74, 6) is -2.66. The van der Waals surface area contributed by atoms with E-state index in [1.165, 1.54) is 27.3 Å². The Bertz CT molecular complexity index is 2540. The Hall–Kier alpha value is -5.69. The molecule has 6 bridgehead atoms. The Morgan fingerprint density at radius 1 is 1.16 bits per heavy atom. The van der Waals surface area contributed by atoms with Crippen LogP contribution in [0.25, 0.3) is 33.4 Å². The third-order valence-corrected chi connectivity index (χ3v) is 14.1. The quantitative estimate of drug-likeness (QED) is 0.146. The van der Waals surface area contributed by atoms with Gasteiger partial charge in [-0.25, -0.2) is 14.6 Å². The van der Waals surface area contributed by atoms with E-state index >= 15 is 0 Å². The number of nitrogens with zero attached hydrogens (tertiary/aromatic N) is 7. The molecule has 0 spiro atoms. The molecule has 1 aromatic carbocycles. The number of aliphatic hydroxyl groups is 1. The van der Waals surface area contributed by atoms with Gasteiger partial charge in [-0.1, -0.05) is 40.3 Å². The van der Waals surface area contributed by atoms with Crippen LogP contribution >= 0.6 is 11.3 Å². The second kappa shape index (κ2) is 19.9. The number of piperazine rings is 1. The minimum Gasteiger partial charge on any atom is -0.462 e. The number of benzene rings is 1. The van der Waals surface area contributed by atoms with Gasteiger partial charge in [0.2, 0.25) is 17.5 Å². The molecule has 4 aromatic rings. The molecule has 7 rings (SSSR count). The number of carbonyl (C=O) groups excluding carboxylic acids is 5. The Labute approximate surface area is 396 Å². The largest absolute Gasteiger partial charge is 0.462 e. The topological polar surface area (TPSA) is 192 Å². The molecule has 0 aliphatic carbocycles. The molecule has 6 heterocycles. The summed E-state index contributed by atoms with van der Waals surface area (Å²) < 4.78 is 14.0. The van der Waals surface area contributed by atoms with Gasteiger partial charge in [0.05, 0.1) is 34.8 Å². The molecule has 3 aliphatic rings. The standard InChI is InChI=1S/C49H65N9O8S/c1-11-40(59)55-21-22-57(30(5)26-55)47(63)54(9)42(29(3)4)44(60)52-36-24-39-51-37(27-67-39)32-16-17-38-34(23-32)35(43(56(38)12-2)33-15-13-19-50-41(33)31(6)65-10)25-48(7,8)28-66-46(62)49(64)18-14-20-58(53-49)45(36)61/h11,13,15-17,19,23,27,29-31,36,42,53,64H,1,12,14,18,20-22,24-26,28H2,2-10H3,(H,52,60)/t30-,31-,36-,42-,49-/m0/s1. The number of esters is 1. The molecule has 3 N–H and O–H groups in total. The maximum Gasteiger partial charge on any atom is 0.355 e. The molecule has 0 saturated carbocycles. The lowest BCUT2D eigenvalue weighted by atomic mass is 9.84. The highest BCUT2D eigenvalue weighted by Crippen LogP contribution is 2.42. The number of thiazole rings is 1. The summed E-state index contributed by atoms with van der Waals surface area (Å²) in [4.78, 5) is 84.1. The van der Waals surface area contributed by atoms with Crippen LogP contribution in [0.2, 0.25) is 0 Å². The SMILES string of the molecule is C=CC(=O)N1CCN(C(=O)N(C)[C@H](C(=O)N[C@H]2Cc3nc(cs3)-c3ccc4c(c3)c(c(-c3cccnc3[C@H](C)OC)n4CC)CC(C)(C)COC(=O)[C@@]3(O)CCCN(N3)C2=O)C(C)C)[C@@H](C)C1. The molecular weight excluding hydrogens is 875 g/mol. The summed E-state index contributed by atoms with van der Waals surface area (Å²) in [5.41, 5.74) is 6.20. The minimum absolute atomic E-state index is 0.0158. The van der Waals surface area contributed by atoms with Crippen molar-refractivity contribution in [2.75, 3.05) is 46.9 Å². The van der Waals surface area contributed by atoms with E-state index in [2.05, 4.69) is 47.0 Å². The number of aromatic nitrogens is 3. The van der Waals surface area contributed by atoms with E-state index in [1.54, 1.807) is 30.2 Å². The van der Waals surface area contributed by atoms with Crippen LogP contribution < -0.4 is 10.7 Å². The normalized spacial score (nSPS) is 22.2. The lowest BCUT2D eigenvalue weighted by Gasteiger charge is -2.43. The van der Waals surface area contributed by atoms with Crippen molar-refractivity contribution >= 4 is 52.0 Å². The predicted molar refractivity (Wildman–Crippen MR) is 255 cm³/mol. The highest BCUT2D eigenvalue weighted by molar-refractivity contribution is 7.10. The second-order valence-electron chi connectivity index (χ2n) is 19.1. The highest BCUT2D eigenvalue weighted by atomic mass is 32.1. The number of ether oxygens (including phenoxy) is 2. The van der Waals surface area contributed by atoms with Crippen LogP contribution in [0.3, 0.4) is 0 Å². The molecule has 0 radical (unpaired) electrons. The number of carbonyl (C=O) groups is 5. The van der Waals surface area contributed by atoms with Gasteiger partial charge in [-0.05, 0) is 75.4 Å².